The molecule has 0 amide bonds. The number of hydrogen-bond acceptors (Lipinski definition) is 0. The van der Waals surface area contributed by atoms with E-state index in [0.717, 1.165) is 8.19 Å². The first-order valence-electron chi connectivity index (χ1n) is 6.19. The van der Waals surface area contributed by atoms with Crippen molar-refractivity contribution >= 4 is 17.0 Å². The van der Waals surface area contributed by atoms with Crippen molar-refractivity contribution in [3.63, 3.8) is 0 Å². The molecule has 2 atom stereocenters. The Bertz CT molecular complexity index is 411. The minimum Gasteiger partial charge on any atom is -1.00 e. The second kappa shape index (κ2) is 17.6. The van der Waals surface area contributed by atoms with Gasteiger partial charge in [-0.1, -0.05) is 38.9 Å². The third-order valence-electron chi connectivity index (χ3n) is 3.95. The quantitative estimate of drug-likeness (QED) is 0.445. The summed E-state index contributed by atoms with van der Waals surface area (Å²) in [6.45, 7) is 13.8. The van der Waals surface area contributed by atoms with Gasteiger partial charge in [0.2, 0.25) is 0 Å². The van der Waals surface area contributed by atoms with Crippen LogP contribution < -0.4 is 24.8 Å². The van der Waals surface area contributed by atoms with Gasteiger partial charge >= 0.3 is 21.7 Å². The fraction of sp³-hybridized carbons (Fsp3) is 0.389. The van der Waals surface area contributed by atoms with Gasteiger partial charge in [-0.2, -0.15) is 28.8 Å². The zero-order chi connectivity index (χ0) is 13.1. The summed E-state index contributed by atoms with van der Waals surface area (Å²) in [5.74, 6) is 5.11. The second-order valence-electron chi connectivity index (χ2n) is 5.17. The molecule has 2 unspecified atom stereocenters. The molecular weight excluding hydrogens is 394 g/mol. The molecule has 1 aliphatic carbocycles. The van der Waals surface area contributed by atoms with Gasteiger partial charge in [-0.25, -0.2) is 11.6 Å². The summed E-state index contributed by atoms with van der Waals surface area (Å²) in [5.41, 5.74) is 4.40. The van der Waals surface area contributed by atoms with Crippen LogP contribution in [0, 0.1) is 34.2 Å². The summed E-state index contributed by atoms with van der Waals surface area (Å²) >= 11 is 0. The Kier molecular flexibility index (Phi) is 29.8. The third kappa shape index (κ3) is 10.4. The molecule has 1 aromatic rings. The maximum Gasteiger partial charge on any atom is 2.00 e. The van der Waals surface area contributed by atoms with Crippen LogP contribution in [-0.2, 0) is 21.7 Å². The van der Waals surface area contributed by atoms with Crippen LogP contribution in [0.25, 0.3) is 0 Å². The molecule has 23 heavy (non-hydrogen) atoms. The minimum atomic E-state index is -0.663. The van der Waals surface area contributed by atoms with Gasteiger partial charge in [0.25, 0.3) is 0 Å². The maximum atomic E-state index is 3.63. The summed E-state index contributed by atoms with van der Waals surface area (Å²) in [7, 11) is 0.160. The maximum absolute atomic E-state index is 3.63. The zero-order valence-corrected chi connectivity index (χ0v) is 21.3. The molecule has 0 saturated heterocycles. The molecule has 0 saturated carbocycles. The second-order valence-corrected chi connectivity index (χ2v) is 9.55. The smallest absolute Gasteiger partial charge is 1.00 e. The van der Waals surface area contributed by atoms with Gasteiger partial charge in [-0.05, 0) is 0 Å². The predicted octanol–water partition coefficient (Wildman–Crippen LogP) is 0.207. The molecule has 1 heterocycles. The van der Waals surface area contributed by atoms with Crippen LogP contribution in [0.1, 0.15) is 27.7 Å². The Balaban J connectivity index is -0.0000000582. The van der Waals surface area contributed by atoms with E-state index >= 15 is 0 Å². The molecule has 1 aliphatic rings. The first-order chi connectivity index (χ1) is 7.89. The van der Waals surface area contributed by atoms with Gasteiger partial charge in [-0.3, -0.25) is 14.3 Å². The standard InChI is InChI=1S/C11H19Si.C4H4P.3CH3.2ClH.Ti/c1-8-7-11(4,12(5)6)10(3)9(8)2;1-2-4-5-3-1;;;;;;/h12H,1-6H3;1-3,5H;3*1H3;2*1H;/q5*-1;;;+2/p-2. The van der Waals surface area contributed by atoms with Crippen molar-refractivity contribution in [1.29, 1.82) is 0 Å². The molecule has 0 nitrogen and oxygen atoms in total. The van der Waals surface area contributed by atoms with Crippen molar-refractivity contribution in [2.24, 2.45) is 0 Å². The normalized spacial score (nSPS) is 17.8. The fourth-order valence-corrected chi connectivity index (χ4v) is 4.13. The van der Waals surface area contributed by atoms with E-state index in [-0.39, 0.29) is 68.8 Å². The molecule has 5 heteroatoms. The topological polar surface area (TPSA) is 0 Å². The summed E-state index contributed by atoms with van der Waals surface area (Å²) < 4.78 is 0. The van der Waals surface area contributed by atoms with Gasteiger partial charge in [0.15, 0.2) is 0 Å². The zero-order valence-electron chi connectivity index (χ0n) is 16.1. The Morgan fingerprint density at radius 3 is 1.65 bits per heavy atom. The SMILES string of the molecule is CC1=[C-]C(C)([SiH](C)C)C(C)=C1C.[CH3-].[CH3-].[CH3-].[Cl-].[Cl-].[Ti+2].[c-]1ccc[pH]1. The van der Waals surface area contributed by atoms with Crippen molar-refractivity contribution in [3.8, 4) is 0 Å². The van der Waals surface area contributed by atoms with E-state index in [2.05, 4.69) is 58.5 Å². The molecule has 1 aromatic heterocycles. The summed E-state index contributed by atoms with van der Waals surface area (Å²) in [6.07, 6.45) is 3.63. The molecule has 0 fully saturated rings. The van der Waals surface area contributed by atoms with Crippen LogP contribution in [0.15, 0.2) is 34.7 Å². The van der Waals surface area contributed by atoms with E-state index in [1.807, 2.05) is 12.1 Å². The number of rotatable bonds is 1. The largest absolute Gasteiger partial charge is 2.00 e. The van der Waals surface area contributed by atoms with Crippen LogP contribution in [0.3, 0.4) is 0 Å². The van der Waals surface area contributed by atoms with Crippen LogP contribution >= 0.6 is 8.19 Å². The van der Waals surface area contributed by atoms with Crippen molar-refractivity contribution in [2.75, 3.05) is 0 Å². The Morgan fingerprint density at radius 1 is 1.04 bits per heavy atom. The van der Waals surface area contributed by atoms with E-state index < -0.39 is 8.80 Å². The van der Waals surface area contributed by atoms with Crippen molar-refractivity contribution in [3.05, 3.63) is 68.8 Å². The van der Waals surface area contributed by atoms with Crippen molar-refractivity contribution < 1.29 is 46.5 Å². The Labute approximate surface area is 177 Å². The summed E-state index contributed by atoms with van der Waals surface area (Å²) in [6, 6.07) is 3.96. The summed E-state index contributed by atoms with van der Waals surface area (Å²) in [4.78, 5) is 0. The van der Waals surface area contributed by atoms with Crippen LogP contribution in [0.5, 0.6) is 0 Å². The van der Waals surface area contributed by atoms with Crippen LogP contribution in [0.4, 0.5) is 0 Å². The number of hydrogen-bond donors (Lipinski definition) is 0. The van der Waals surface area contributed by atoms with E-state index in [4.69, 9.17) is 0 Å². The van der Waals surface area contributed by atoms with Crippen LogP contribution in [0.2, 0.25) is 18.1 Å². The van der Waals surface area contributed by atoms with Gasteiger partial charge < -0.3 is 47.1 Å². The van der Waals surface area contributed by atoms with Gasteiger partial charge in [0, 0.05) is 8.80 Å². The average molecular weight is 426 g/mol. The molecule has 0 aliphatic heterocycles. The molecule has 2 rings (SSSR count). The first kappa shape index (κ1) is 39.0. The number of halogens is 2. The Hall–Kier alpha value is 0.771. The number of allylic oxidation sites excluding steroid dienone is 4. The molecule has 0 bridgehead atoms. The monoisotopic (exact) mass is 425 g/mol. The molecule has 0 spiro atoms. The van der Waals surface area contributed by atoms with E-state index in [1.165, 1.54) is 11.1 Å². The van der Waals surface area contributed by atoms with E-state index in [1.54, 1.807) is 5.57 Å². The first-order valence-corrected chi connectivity index (χ1v) is 10.2. The summed E-state index contributed by atoms with van der Waals surface area (Å²) in [5, 5.41) is 0.328. The molecular formula is C18H32Cl2PSiTi-5. The van der Waals surface area contributed by atoms with E-state index in [0.29, 0.717) is 5.04 Å². The average Bonchev–Trinajstić information content (AvgIpc) is 2.89. The van der Waals surface area contributed by atoms with Gasteiger partial charge in [-0.15, -0.1) is 6.92 Å². The molecule has 136 valence electrons. The van der Waals surface area contributed by atoms with Gasteiger partial charge in [0.05, 0.1) is 0 Å². The Morgan fingerprint density at radius 2 is 1.52 bits per heavy atom. The molecule has 0 aromatic carbocycles. The van der Waals surface area contributed by atoms with Crippen molar-refractivity contribution in [2.45, 2.75) is 45.8 Å². The third-order valence-corrected chi connectivity index (χ3v) is 7.53. The van der Waals surface area contributed by atoms with Gasteiger partial charge in [0.1, 0.15) is 0 Å². The molecule has 0 N–H and O–H groups in total. The minimum absolute atomic E-state index is 0. The predicted molar refractivity (Wildman–Crippen MR) is 102 cm³/mol. The fourth-order valence-electron chi connectivity index (χ4n) is 2.07. The van der Waals surface area contributed by atoms with Crippen molar-refractivity contribution in [1.82, 2.24) is 0 Å². The van der Waals surface area contributed by atoms with E-state index in [9.17, 15) is 0 Å². The van der Waals surface area contributed by atoms with Crippen LogP contribution in [-0.4, -0.2) is 8.80 Å². The molecule has 0 radical (unpaired) electrons.